The Kier molecular flexibility index (Phi) is 7.32. The van der Waals surface area contributed by atoms with Gasteiger partial charge in [-0.1, -0.05) is 41.9 Å². The van der Waals surface area contributed by atoms with Crippen LogP contribution in [-0.2, 0) is 11.2 Å². The lowest BCUT2D eigenvalue weighted by Gasteiger charge is -2.19. The first-order valence-corrected chi connectivity index (χ1v) is 10.9. The number of benzene rings is 3. The van der Waals surface area contributed by atoms with Crippen LogP contribution >= 0.6 is 11.6 Å². The molecule has 0 saturated heterocycles. The molecule has 0 fully saturated rings. The summed E-state index contributed by atoms with van der Waals surface area (Å²) in [5.74, 6) is 1.28. The van der Waals surface area contributed by atoms with Crippen molar-refractivity contribution in [2.45, 2.75) is 12.5 Å². The van der Waals surface area contributed by atoms with E-state index in [0.717, 1.165) is 5.56 Å². The highest BCUT2D eigenvalue weighted by atomic mass is 35.5. The number of fused-ring (bicyclic) bond motifs is 1. The Morgan fingerprint density at radius 3 is 2.52 bits per heavy atom. The van der Waals surface area contributed by atoms with Crippen molar-refractivity contribution in [3.05, 3.63) is 88.9 Å². The highest BCUT2D eigenvalue weighted by Gasteiger charge is 2.22. The third-order valence-electron chi connectivity index (χ3n) is 5.02. The highest BCUT2D eigenvalue weighted by molar-refractivity contribution is 6.30. The van der Waals surface area contributed by atoms with Crippen LogP contribution in [-0.4, -0.2) is 37.8 Å². The van der Waals surface area contributed by atoms with Crippen molar-refractivity contribution in [2.75, 3.05) is 19.9 Å². The summed E-state index contributed by atoms with van der Waals surface area (Å²) in [7, 11) is 0. The maximum absolute atomic E-state index is 12.9. The fourth-order valence-corrected chi connectivity index (χ4v) is 3.46. The summed E-state index contributed by atoms with van der Waals surface area (Å²) in [6.45, 7) is 0.726. The van der Waals surface area contributed by atoms with Gasteiger partial charge in [-0.25, -0.2) is 0 Å². The van der Waals surface area contributed by atoms with Crippen LogP contribution in [0.3, 0.4) is 0 Å². The van der Waals surface area contributed by atoms with E-state index in [0.29, 0.717) is 34.3 Å². The molecule has 0 bridgehead atoms. The van der Waals surface area contributed by atoms with Crippen LogP contribution < -0.4 is 24.8 Å². The average Bonchev–Trinajstić information content (AvgIpc) is 3.30. The molecule has 0 saturated carbocycles. The van der Waals surface area contributed by atoms with Crippen molar-refractivity contribution >= 4 is 23.4 Å². The number of hydrogen-bond donors (Lipinski definition) is 2. The van der Waals surface area contributed by atoms with E-state index in [4.69, 9.17) is 25.8 Å². The molecule has 8 heteroatoms. The van der Waals surface area contributed by atoms with Crippen LogP contribution in [0.4, 0.5) is 0 Å². The summed E-state index contributed by atoms with van der Waals surface area (Å²) in [5.41, 5.74) is 1.36. The summed E-state index contributed by atoms with van der Waals surface area (Å²) in [4.78, 5) is 25.6. The topological polar surface area (TPSA) is 85.9 Å². The number of carbonyl (C=O) groups is 2. The van der Waals surface area contributed by atoms with E-state index in [1.54, 1.807) is 42.5 Å². The van der Waals surface area contributed by atoms with Gasteiger partial charge >= 0.3 is 0 Å². The third-order valence-corrected chi connectivity index (χ3v) is 5.28. The van der Waals surface area contributed by atoms with E-state index in [1.807, 2.05) is 30.3 Å². The van der Waals surface area contributed by atoms with E-state index in [1.165, 1.54) is 0 Å². The largest absolute Gasteiger partial charge is 0.492 e. The maximum atomic E-state index is 12.9. The van der Waals surface area contributed by atoms with Crippen molar-refractivity contribution in [1.82, 2.24) is 10.6 Å². The zero-order valence-corrected chi connectivity index (χ0v) is 18.5. The maximum Gasteiger partial charge on any atom is 0.251 e. The molecule has 1 aliphatic rings. The van der Waals surface area contributed by atoms with Gasteiger partial charge in [0.05, 0.1) is 6.54 Å². The molecule has 0 spiro atoms. The van der Waals surface area contributed by atoms with Gasteiger partial charge in [0.2, 0.25) is 12.7 Å². The van der Waals surface area contributed by atoms with Gasteiger partial charge in [0.15, 0.2) is 11.5 Å². The second-order valence-corrected chi connectivity index (χ2v) is 7.81. The zero-order chi connectivity index (χ0) is 23.0. The van der Waals surface area contributed by atoms with Crippen LogP contribution in [0.1, 0.15) is 15.9 Å². The first-order chi connectivity index (χ1) is 16.1. The number of carbonyl (C=O) groups excluding carboxylic acids is 2. The summed E-state index contributed by atoms with van der Waals surface area (Å²) < 4.78 is 16.3. The van der Waals surface area contributed by atoms with Gasteiger partial charge in [0.25, 0.3) is 5.91 Å². The lowest BCUT2D eigenvalue weighted by molar-refractivity contribution is -0.123. The standard InChI is InChI=1S/C25H23ClN2O5/c26-19-8-6-18(7-9-19)24(29)28-21(14-17-4-2-1-3-5-17)25(30)27-12-13-31-20-10-11-22-23(15-20)33-16-32-22/h1-11,15,21H,12-14,16H2,(H,27,30)(H,28,29). The quantitative estimate of drug-likeness (QED) is 0.470. The third kappa shape index (κ3) is 6.17. The van der Waals surface area contributed by atoms with E-state index >= 15 is 0 Å². The molecule has 0 radical (unpaired) electrons. The molecule has 1 aliphatic heterocycles. The van der Waals surface area contributed by atoms with Crippen molar-refractivity contribution in [3.63, 3.8) is 0 Å². The molecule has 3 aromatic rings. The molecular weight excluding hydrogens is 444 g/mol. The van der Waals surface area contributed by atoms with Crippen LogP contribution in [0.15, 0.2) is 72.8 Å². The Labute approximate surface area is 196 Å². The first kappa shape index (κ1) is 22.5. The minimum Gasteiger partial charge on any atom is -0.492 e. The fraction of sp³-hybridized carbons (Fsp3) is 0.200. The molecule has 1 heterocycles. The summed E-state index contributed by atoms with van der Waals surface area (Å²) in [6.07, 6.45) is 0.356. The lowest BCUT2D eigenvalue weighted by Crippen LogP contribution is -2.48. The molecule has 2 N–H and O–H groups in total. The Morgan fingerprint density at radius 2 is 1.73 bits per heavy atom. The van der Waals surface area contributed by atoms with Gasteiger partial charge in [-0.2, -0.15) is 0 Å². The molecule has 7 nitrogen and oxygen atoms in total. The van der Waals surface area contributed by atoms with Crippen LogP contribution in [0.2, 0.25) is 5.02 Å². The van der Waals surface area contributed by atoms with E-state index < -0.39 is 6.04 Å². The van der Waals surface area contributed by atoms with Crippen molar-refractivity contribution in [2.24, 2.45) is 0 Å². The van der Waals surface area contributed by atoms with Gasteiger partial charge in [0, 0.05) is 23.1 Å². The Morgan fingerprint density at radius 1 is 0.970 bits per heavy atom. The molecule has 4 rings (SSSR count). The zero-order valence-electron chi connectivity index (χ0n) is 17.8. The highest BCUT2D eigenvalue weighted by Crippen LogP contribution is 2.34. The van der Waals surface area contributed by atoms with Crippen molar-refractivity contribution in [3.8, 4) is 17.2 Å². The van der Waals surface area contributed by atoms with Gasteiger partial charge in [-0.05, 0) is 42.0 Å². The second kappa shape index (κ2) is 10.7. The number of amides is 2. The number of hydrogen-bond acceptors (Lipinski definition) is 5. The first-order valence-electron chi connectivity index (χ1n) is 10.5. The monoisotopic (exact) mass is 466 g/mol. The predicted octanol–water partition coefficient (Wildman–Crippen LogP) is 3.61. The SMILES string of the molecule is O=C(NC(Cc1ccccc1)C(=O)NCCOc1ccc2c(c1)OCO2)c1ccc(Cl)cc1. The average molecular weight is 467 g/mol. The minimum absolute atomic E-state index is 0.194. The number of nitrogens with one attached hydrogen (secondary N) is 2. The molecule has 0 aromatic heterocycles. The normalized spacial score (nSPS) is 12.6. The molecule has 0 aliphatic carbocycles. The molecule has 170 valence electrons. The Hall–Kier alpha value is -3.71. The van der Waals surface area contributed by atoms with Crippen molar-refractivity contribution in [1.29, 1.82) is 0 Å². The van der Waals surface area contributed by atoms with Crippen LogP contribution in [0.25, 0.3) is 0 Å². The molecule has 3 aromatic carbocycles. The summed E-state index contributed by atoms with van der Waals surface area (Å²) in [5, 5.41) is 6.19. The van der Waals surface area contributed by atoms with Gasteiger partial charge < -0.3 is 24.8 Å². The second-order valence-electron chi connectivity index (χ2n) is 7.38. The van der Waals surface area contributed by atoms with E-state index in [-0.39, 0.29) is 31.8 Å². The molecule has 1 atom stereocenters. The molecule has 1 unspecified atom stereocenters. The van der Waals surface area contributed by atoms with Crippen molar-refractivity contribution < 1.29 is 23.8 Å². The number of halogens is 1. The molecule has 33 heavy (non-hydrogen) atoms. The number of rotatable bonds is 9. The lowest BCUT2D eigenvalue weighted by atomic mass is 10.0. The Balaban J connectivity index is 1.34. The van der Waals surface area contributed by atoms with E-state index in [2.05, 4.69) is 10.6 Å². The molecular formula is C25H23ClN2O5. The summed E-state index contributed by atoms with van der Waals surface area (Å²) >= 11 is 5.90. The smallest absolute Gasteiger partial charge is 0.251 e. The fourth-order valence-electron chi connectivity index (χ4n) is 3.33. The van der Waals surface area contributed by atoms with Crippen LogP contribution in [0, 0.1) is 0 Å². The van der Waals surface area contributed by atoms with Gasteiger partial charge in [-0.15, -0.1) is 0 Å². The van der Waals surface area contributed by atoms with Crippen LogP contribution in [0.5, 0.6) is 17.2 Å². The van der Waals surface area contributed by atoms with Gasteiger partial charge in [0.1, 0.15) is 18.4 Å². The molecule has 2 amide bonds. The summed E-state index contributed by atoms with van der Waals surface area (Å²) in [6, 6.07) is 20.6. The van der Waals surface area contributed by atoms with Gasteiger partial charge in [-0.3, -0.25) is 9.59 Å². The minimum atomic E-state index is -0.749. The Bertz CT molecular complexity index is 1110. The number of ether oxygens (including phenoxy) is 3. The van der Waals surface area contributed by atoms with E-state index in [9.17, 15) is 9.59 Å². The predicted molar refractivity (Wildman–Crippen MR) is 124 cm³/mol.